The fraction of sp³-hybridized carbons (Fsp3) is 0.143. The van der Waals surface area contributed by atoms with Crippen molar-refractivity contribution < 1.29 is 0 Å². The lowest BCUT2D eigenvalue weighted by Crippen LogP contribution is -2.03. The molecule has 21 heavy (non-hydrogen) atoms. The predicted molar refractivity (Wildman–Crippen MR) is 83.9 cm³/mol. The number of aromatic nitrogens is 4. The van der Waals surface area contributed by atoms with Gasteiger partial charge in [0.2, 0.25) is 5.95 Å². The van der Waals surface area contributed by atoms with Crippen LogP contribution < -0.4 is 11.5 Å². The Balaban J connectivity index is 2.02. The highest BCUT2D eigenvalue weighted by Crippen LogP contribution is 2.30. The molecule has 0 fully saturated rings. The van der Waals surface area contributed by atoms with Crippen LogP contribution in [0.1, 0.15) is 12.5 Å². The summed E-state index contributed by atoms with van der Waals surface area (Å²) in [4.78, 5) is 17.8. The molecule has 0 aliphatic rings. The molecule has 0 saturated heterocycles. The molecule has 1 aromatic carbocycles. The Bertz CT molecular complexity index is 805. The highest BCUT2D eigenvalue weighted by atomic mass is 32.2. The molecule has 0 amide bonds. The summed E-state index contributed by atoms with van der Waals surface area (Å²) in [6.07, 6.45) is 2.64. The highest BCUT2D eigenvalue weighted by molar-refractivity contribution is 7.99. The van der Waals surface area contributed by atoms with Gasteiger partial charge in [-0.05, 0) is 18.1 Å². The third-order valence-electron chi connectivity index (χ3n) is 3.00. The van der Waals surface area contributed by atoms with E-state index in [1.807, 2.05) is 12.1 Å². The molecule has 4 N–H and O–H groups in total. The molecule has 0 atom stereocenters. The van der Waals surface area contributed by atoms with Crippen molar-refractivity contribution in [1.82, 2.24) is 19.9 Å². The van der Waals surface area contributed by atoms with Crippen LogP contribution in [0.25, 0.3) is 11.2 Å². The normalized spacial score (nSPS) is 10.9. The van der Waals surface area contributed by atoms with E-state index >= 15 is 0 Å². The zero-order valence-electron chi connectivity index (χ0n) is 11.4. The van der Waals surface area contributed by atoms with Gasteiger partial charge in [0.25, 0.3) is 0 Å². The van der Waals surface area contributed by atoms with Crippen LogP contribution in [0.5, 0.6) is 0 Å². The Morgan fingerprint density at radius 3 is 2.71 bits per heavy atom. The van der Waals surface area contributed by atoms with Gasteiger partial charge < -0.3 is 11.5 Å². The summed E-state index contributed by atoms with van der Waals surface area (Å²) < 4.78 is 0. The van der Waals surface area contributed by atoms with E-state index < -0.39 is 0 Å². The fourth-order valence-electron chi connectivity index (χ4n) is 1.99. The second-order valence-corrected chi connectivity index (χ2v) is 5.47. The van der Waals surface area contributed by atoms with E-state index in [1.54, 1.807) is 18.0 Å². The summed E-state index contributed by atoms with van der Waals surface area (Å²) in [6.45, 7) is 2.13. The van der Waals surface area contributed by atoms with E-state index in [2.05, 4.69) is 39.0 Å². The van der Waals surface area contributed by atoms with Crippen LogP contribution in [0.3, 0.4) is 0 Å². The van der Waals surface area contributed by atoms with E-state index in [9.17, 15) is 0 Å². The summed E-state index contributed by atoms with van der Waals surface area (Å²) >= 11 is 1.55. The fourth-order valence-corrected chi connectivity index (χ4v) is 2.95. The Hall–Kier alpha value is -2.41. The average molecular weight is 298 g/mol. The van der Waals surface area contributed by atoms with Crippen LogP contribution in [0.4, 0.5) is 11.8 Å². The zero-order valence-corrected chi connectivity index (χ0v) is 12.3. The number of anilines is 2. The largest absolute Gasteiger partial charge is 0.382 e. The lowest BCUT2D eigenvalue weighted by atomic mass is 10.2. The van der Waals surface area contributed by atoms with Crippen molar-refractivity contribution in [2.75, 3.05) is 11.5 Å². The Kier molecular flexibility index (Phi) is 3.57. The molecule has 3 aromatic rings. The van der Waals surface area contributed by atoms with Gasteiger partial charge in [-0.2, -0.15) is 9.97 Å². The molecule has 2 aromatic heterocycles. The van der Waals surface area contributed by atoms with Crippen molar-refractivity contribution in [2.45, 2.75) is 23.3 Å². The van der Waals surface area contributed by atoms with Gasteiger partial charge in [0.1, 0.15) is 5.03 Å². The van der Waals surface area contributed by atoms with Crippen LogP contribution in [-0.2, 0) is 6.42 Å². The summed E-state index contributed by atoms with van der Waals surface area (Å²) in [5.74, 6) is 0.349. The number of nitrogens with zero attached hydrogens (tertiary/aromatic N) is 4. The molecule has 7 heteroatoms. The topological polar surface area (TPSA) is 104 Å². The smallest absolute Gasteiger partial charge is 0.224 e. The third kappa shape index (κ3) is 2.73. The van der Waals surface area contributed by atoms with Gasteiger partial charge in [-0.15, -0.1) is 0 Å². The minimum Gasteiger partial charge on any atom is -0.382 e. The molecule has 0 spiro atoms. The van der Waals surface area contributed by atoms with Crippen molar-refractivity contribution >= 4 is 34.7 Å². The first-order valence-corrected chi connectivity index (χ1v) is 7.30. The molecule has 106 valence electrons. The van der Waals surface area contributed by atoms with E-state index in [0.29, 0.717) is 11.2 Å². The zero-order chi connectivity index (χ0) is 14.8. The van der Waals surface area contributed by atoms with Gasteiger partial charge in [-0.1, -0.05) is 36.9 Å². The van der Waals surface area contributed by atoms with Gasteiger partial charge in [-0.3, -0.25) is 0 Å². The number of rotatable bonds is 3. The minimum absolute atomic E-state index is 0.103. The van der Waals surface area contributed by atoms with Gasteiger partial charge in [-0.25, -0.2) is 9.97 Å². The second kappa shape index (κ2) is 5.53. The molecule has 0 aliphatic carbocycles. The molecule has 0 saturated carbocycles. The first-order valence-electron chi connectivity index (χ1n) is 6.49. The number of hydrogen-bond donors (Lipinski definition) is 2. The average Bonchev–Trinajstić information content (AvgIpc) is 2.48. The Morgan fingerprint density at radius 2 is 1.90 bits per heavy atom. The molecule has 0 unspecified atom stereocenters. The molecule has 0 bridgehead atoms. The van der Waals surface area contributed by atoms with Gasteiger partial charge >= 0.3 is 0 Å². The first-order chi connectivity index (χ1) is 10.2. The molecule has 0 radical (unpaired) electrons. The molecule has 0 aliphatic heterocycles. The summed E-state index contributed by atoms with van der Waals surface area (Å²) in [6, 6.07) is 8.21. The maximum atomic E-state index is 5.83. The number of nitrogens with two attached hydrogens (primary N) is 2. The number of benzene rings is 1. The van der Waals surface area contributed by atoms with E-state index in [-0.39, 0.29) is 11.8 Å². The van der Waals surface area contributed by atoms with Gasteiger partial charge in [0.15, 0.2) is 17.0 Å². The van der Waals surface area contributed by atoms with Crippen molar-refractivity contribution in [3.63, 3.8) is 0 Å². The van der Waals surface area contributed by atoms with Crippen LogP contribution in [0.15, 0.2) is 40.4 Å². The summed E-state index contributed by atoms with van der Waals surface area (Å²) in [5.41, 5.74) is 13.5. The van der Waals surface area contributed by atoms with Crippen LogP contribution in [0, 0.1) is 0 Å². The van der Waals surface area contributed by atoms with Crippen molar-refractivity contribution in [1.29, 1.82) is 0 Å². The van der Waals surface area contributed by atoms with E-state index in [4.69, 9.17) is 11.5 Å². The SMILES string of the molecule is CCc1ccccc1Sc1cnc2nc(N)nc(N)c2n1. The van der Waals surface area contributed by atoms with Crippen LogP contribution in [-0.4, -0.2) is 19.9 Å². The molecule has 3 rings (SSSR count). The Morgan fingerprint density at radius 1 is 1.10 bits per heavy atom. The molecule has 2 heterocycles. The second-order valence-electron chi connectivity index (χ2n) is 4.41. The highest BCUT2D eigenvalue weighted by Gasteiger charge is 2.09. The molecular weight excluding hydrogens is 284 g/mol. The lowest BCUT2D eigenvalue weighted by Gasteiger charge is -2.07. The van der Waals surface area contributed by atoms with Gasteiger partial charge in [0.05, 0.1) is 6.20 Å². The number of fused-ring (bicyclic) bond motifs is 1. The first kappa shape index (κ1) is 13.6. The number of aryl methyl sites for hydroxylation is 1. The number of hydrogen-bond acceptors (Lipinski definition) is 7. The monoisotopic (exact) mass is 298 g/mol. The molecule has 6 nitrogen and oxygen atoms in total. The summed E-state index contributed by atoms with van der Waals surface area (Å²) in [7, 11) is 0. The number of nitrogen functional groups attached to an aromatic ring is 2. The van der Waals surface area contributed by atoms with Gasteiger partial charge in [0, 0.05) is 4.90 Å². The summed E-state index contributed by atoms with van der Waals surface area (Å²) in [5, 5.41) is 0.753. The van der Waals surface area contributed by atoms with Crippen molar-refractivity contribution in [2.24, 2.45) is 0 Å². The van der Waals surface area contributed by atoms with Crippen molar-refractivity contribution in [3.8, 4) is 0 Å². The van der Waals surface area contributed by atoms with E-state index in [0.717, 1.165) is 16.3 Å². The van der Waals surface area contributed by atoms with E-state index in [1.165, 1.54) is 5.56 Å². The maximum Gasteiger partial charge on any atom is 0.224 e. The van der Waals surface area contributed by atoms with Crippen LogP contribution >= 0.6 is 11.8 Å². The van der Waals surface area contributed by atoms with Crippen LogP contribution in [0.2, 0.25) is 0 Å². The minimum atomic E-state index is 0.103. The standard InChI is InChI=1S/C14H14N6S/c1-2-8-5-3-4-6-9(8)21-10-7-17-13-11(18-10)12(15)19-14(16)20-13/h3-7H,2H2,1H3,(H4,15,16,17,19,20). The lowest BCUT2D eigenvalue weighted by molar-refractivity contribution is 1.06. The maximum absolute atomic E-state index is 5.83. The molecular formula is C14H14N6S. The Labute approximate surface area is 126 Å². The predicted octanol–water partition coefficient (Wildman–Crippen LogP) is 2.30. The third-order valence-corrected chi connectivity index (χ3v) is 4.02. The van der Waals surface area contributed by atoms with Crippen molar-refractivity contribution in [3.05, 3.63) is 36.0 Å². The quantitative estimate of drug-likeness (QED) is 0.764.